The predicted octanol–water partition coefficient (Wildman–Crippen LogP) is 2.96. The lowest BCUT2D eigenvalue weighted by Crippen LogP contribution is -2.55. The second-order valence-corrected chi connectivity index (χ2v) is 5.68. The van der Waals surface area contributed by atoms with Crippen LogP contribution >= 0.6 is 0 Å². The molecule has 1 aromatic carbocycles. The number of hydrogen-bond acceptors (Lipinski definition) is 1. The van der Waals surface area contributed by atoms with E-state index in [1.807, 2.05) is 6.07 Å². The van der Waals surface area contributed by atoms with Gasteiger partial charge in [0.2, 0.25) is 0 Å². The molecule has 2 atom stereocenters. The SMILES string of the molecule is C[C@@H]1[C@H](c2ccccc2)OC(C)(C)[N+]1(C)C. The summed E-state index contributed by atoms with van der Waals surface area (Å²) in [6, 6.07) is 11.0. The molecule has 1 aromatic rings. The summed E-state index contributed by atoms with van der Waals surface area (Å²) in [6.45, 7) is 6.62. The molecule has 1 aliphatic heterocycles. The first-order valence-electron chi connectivity index (χ1n) is 5.93. The summed E-state index contributed by atoms with van der Waals surface area (Å²) in [4.78, 5) is 0. The molecule has 1 saturated heterocycles. The number of benzene rings is 1. The lowest BCUT2D eigenvalue weighted by atomic mass is 10.0. The molecule has 0 aliphatic carbocycles. The highest BCUT2D eigenvalue weighted by Crippen LogP contribution is 2.43. The third-order valence-electron chi connectivity index (χ3n) is 4.39. The maximum atomic E-state index is 6.23. The first-order valence-corrected chi connectivity index (χ1v) is 5.93. The third-order valence-corrected chi connectivity index (χ3v) is 4.39. The molecule has 2 rings (SSSR count). The van der Waals surface area contributed by atoms with Gasteiger partial charge in [0, 0.05) is 13.8 Å². The van der Waals surface area contributed by atoms with Crippen molar-refractivity contribution in [2.45, 2.75) is 38.6 Å². The van der Waals surface area contributed by atoms with Crippen LogP contribution in [0.15, 0.2) is 30.3 Å². The summed E-state index contributed by atoms with van der Waals surface area (Å²) < 4.78 is 7.13. The van der Waals surface area contributed by atoms with Gasteiger partial charge in [-0.15, -0.1) is 0 Å². The van der Waals surface area contributed by atoms with Crippen molar-refractivity contribution in [2.75, 3.05) is 14.1 Å². The van der Waals surface area contributed by atoms with E-state index in [0.717, 1.165) is 4.48 Å². The standard InChI is InChI=1S/C14H22NO/c1-11-13(12-9-7-6-8-10-12)16-14(2,3)15(11,4)5/h6-11,13H,1-5H3/q+1/t11-,13-/m1/s1. The van der Waals surface area contributed by atoms with E-state index in [9.17, 15) is 0 Å². The van der Waals surface area contributed by atoms with E-state index in [2.05, 4.69) is 59.1 Å². The summed E-state index contributed by atoms with van der Waals surface area (Å²) in [5.41, 5.74) is 1.16. The van der Waals surface area contributed by atoms with Gasteiger partial charge in [-0.25, -0.2) is 0 Å². The molecule has 2 nitrogen and oxygen atoms in total. The van der Waals surface area contributed by atoms with Crippen LogP contribution in [0, 0.1) is 0 Å². The van der Waals surface area contributed by atoms with E-state index in [4.69, 9.17) is 4.74 Å². The quantitative estimate of drug-likeness (QED) is 0.661. The van der Waals surface area contributed by atoms with Crippen LogP contribution in [0.4, 0.5) is 0 Å². The molecule has 88 valence electrons. The Morgan fingerprint density at radius 3 is 2.12 bits per heavy atom. The van der Waals surface area contributed by atoms with E-state index in [0.29, 0.717) is 6.04 Å². The highest BCUT2D eigenvalue weighted by Gasteiger charge is 2.54. The van der Waals surface area contributed by atoms with Crippen LogP contribution in [-0.4, -0.2) is 30.3 Å². The van der Waals surface area contributed by atoms with Crippen molar-refractivity contribution in [1.29, 1.82) is 0 Å². The molecule has 0 amide bonds. The molecule has 0 aromatic heterocycles. The van der Waals surface area contributed by atoms with Gasteiger partial charge in [-0.1, -0.05) is 30.3 Å². The molecule has 0 bridgehead atoms. The average Bonchev–Trinajstić information content (AvgIpc) is 2.40. The van der Waals surface area contributed by atoms with E-state index in [1.165, 1.54) is 5.56 Å². The van der Waals surface area contributed by atoms with Gasteiger partial charge in [-0.3, -0.25) is 4.48 Å². The molecule has 0 radical (unpaired) electrons. The zero-order chi connectivity index (χ0) is 12.0. The van der Waals surface area contributed by atoms with Crippen molar-refractivity contribution in [2.24, 2.45) is 0 Å². The fourth-order valence-corrected chi connectivity index (χ4v) is 2.36. The van der Waals surface area contributed by atoms with Gasteiger partial charge in [-0.05, 0) is 12.5 Å². The molecule has 0 N–H and O–H groups in total. The lowest BCUT2D eigenvalue weighted by molar-refractivity contribution is -0.958. The number of rotatable bonds is 1. The van der Waals surface area contributed by atoms with Gasteiger partial charge in [0.15, 0.2) is 5.72 Å². The normalized spacial score (nSPS) is 31.6. The molecule has 1 aliphatic rings. The number of ether oxygens (including phenoxy) is 1. The molecular formula is C14H22NO+. The van der Waals surface area contributed by atoms with Crippen LogP contribution < -0.4 is 0 Å². The Morgan fingerprint density at radius 1 is 1.12 bits per heavy atom. The van der Waals surface area contributed by atoms with Gasteiger partial charge in [-0.2, -0.15) is 0 Å². The molecule has 2 heteroatoms. The number of quaternary nitrogens is 1. The smallest absolute Gasteiger partial charge is 0.198 e. The molecule has 0 unspecified atom stereocenters. The minimum absolute atomic E-state index is 0.125. The lowest BCUT2D eigenvalue weighted by Gasteiger charge is -2.39. The fourth-order valence-electron chi connectivity index (χ4n) is 2.36. The Balaban J connectivity index is 2.35. The van der Waals surface area contributed by atoms with Crippen molar-refractivity contribution >= 4 is 0 Å². The molecule has 1 heterocycles. The van der Waals surface area contributed by atoms with Crippen molar-refractivity contribution in [3.8, 4) is 0 Å². The minimum Gasteiger partial charge on any atom is -0.313 e. The maximum absolute atomic E-state index is 6.23. The highest BCUT2D eigenvalue weighted by atomic mass is 16.5. The number of nitrogens with zero attached hydrogens (tertiary/aromatic N) is 1. The van der Waals surface area contributed by atoms with Gasteiger partial charge < -0.3 is 4.74 Å². The highest BCUT2D eigenvalue weighted by molar-refractivity contribution is 5.19. The topological polar surface area (TPSA) is 9.23 Å². The van der Waals surface area contributed by atoms with Crippen LogP contribution in [0.1, 0.15) is 32.4 Å². The van der Waals surface area contributed by atoms with Crippen LogP contribution in [0.5, 0.6) is 0 Å². The van der Waals surface area contributed by atoms with Crippen LogP contribution in [0.25, 0.3) is 0 Å². The van der Waals surface area contributed by atoms with Crippen LogP contribution in [0.3, 0.4) is 0 Å². The van der Waals surface area contributed by atoms with E-state index in [-0.39, 0.29) is 11.8 Å². The minimum atomic E-state index is -0.125. The van der Waals surface area contributed by atoms with Gasteiger partial charge >= 0.3 is 0 Å². The zero-order valence-electron chi connectivity index (χ0n) is 10.9. The third kappa shape index (κ3) is 1.57. The first kappa shape index (κ1) is 11.6. The molecule has 1 fully saturated rings. The largest absolute Gasteiger partial charge is 0.313 e. The number of likely N-dealkylation sites (N-methyl/N-ethyl adjacent to an activating group) is 1. The summed E-state index contributed by atoms with van der Waals surface area (Å²) in [6.07, 6.45) is 0.200. The summed E-state index contributed by atoms with van der Waals surface area (Å²) >= 11 is 0. The summed E-state index contributed by atoms with van der Waals surface area (Å²) in [5, 5.41) is 0. The Hall–Kier alpha value is -0.860. The van der Waals surface area contributed by atoms with Crippen LogP contribution in [-0.2, 0) is 4.74 Å². The average molecular weight is 220 g/mol. The molecule has 0 spiro atoms. The maximum Gasteiger partial charge on any atom is 0.198 e. The van der Waals surface area contributed by atoms with Gasteiger partial charge in [0.25, 0.3) is 0 Å². The van der Waals surface area contributed by atoms with Gasteiger partial charge in [0.1, 0.15) is 12.1 Å². The Labute approximate surface area is 98.4 Å². The second-order valence-electron chi connectivity index (χ2n) is 5.68. The first-order chi connectivity index (χ1) is 7.36. The van der Waals surface area contributed by atoms with Crippen molar-refractivity contribution in [3.05, 3.63) is 35.9 Å². The van der Waals surface area contributed by atoms with Crippen molar-refractivity contribution in [3.63, 3.8) is 0 Å². The summed E-state index contributed by atoms with van der Waals surface area (Å²) in [7, 11) is 4.49. The van der Waals surface area contributed by atoms with E-state index >= 15 is 0 Å². The Kier molecular flexibility index (Phi) is 2.59. The molecular weight excluding hydrogens is 198 g/mol. The van der Waals surface area contributed by atoms with Gasteiger partial charge in [0.05, 0.1) is 14.1 Å². The Morgan fingerprint density at radius 2 is 1.69 bits per heavy atom. The monoisotopic (exact) mass is 220 g/mol. The molecule has 16 heavy (non-hydrogen) atoms. The Bertz CT molecular complexity index is 370. The molecule has 0 saturated carbocycles. The fraction of sp³-hybridized carbons (Fsp3) is 0.571. The zero-order valence-corrected chi connectivity index (χ0v) is 10.9. The van der Waals surface area contributed by atoms with E-state index in [1.54, 1.807) is 0 Å². The number of hydrogen-bond donors (Lipinski definition) is 0. The van der Waals surface area contributed by atoms with E-state index < -0.39 is 0 Å². The summed E-state index contributed by atoms with van der Waals surface area (Å²) in [5.74, 6) is 0. The van der Waals surface area contributed by atoms with Crippen molar-refractivity contribution in [1.82, 2.24) is 0 Å². The second kappa shape index (κ2) is 3.57. The van der Waals surface area contributed by atoms with Crippen molar-refractivity contribution < 1.29 is 9.22 Å². The predicted molar refractivity (Wildman–Crippen MR) is 65.9 cm³/mol. The van der Waals surface area contributed by atoms with Crippen LogP contribution in [0.2, 0.25) is 0 Å².